The molecular weight excluding hydrogens is 228 g/mol. The normalized spacial score (nSPS) is 12.7. The SMILES string of the molecule is O=C(Nc1ncccn1)c1ccc2c(c1)NCC2. The number of nitrogens with one attached hydrogen (secondary N) is 2. The number of anilines is 2. The Morgan fingerprint density at radius 2 is 2.11 bits per heavy atom. The van der Waals surface area contributed by atoms with Crippen LogP contribution < -0.4 is 10.6 Å². The number of carbonyl (C=O) groups excluding carboxylic acids is 1. The minimum atomic E-state index is -0.197. The summed E-state index contributed by atoms with van der Waals surface area (Å²) in [5.41, 5.74) is 2.90. The Morgan fingerprint density at radius 3 is 2.94 bits per heavy atom. The van der Waals surface area contributed by atoms with Gasteiger partial charge in [-0.15, -0.1) is 0 Å². The van der Waals surface area contributed by atoms with Gasteiger partial charge in [0.2, 0.25) is 5.95 Å². The second kappa shape index (κ2) is 4.44. The highest BCUT2D eigenvalue weighted by Gasteiger charge is 2.13. The Kier molecular flexibility index (Phi) is 2.64. The monoisotopic (exact) mass is 240 g/mol. The molecule has 2 N–H and O–H groups in total. The van der Waals surface area contributed by atoms with E-state index >= 15 is 0 Å². The van der Waals surface area contributed by atoms with E-state index in [2.05, 4.69) is 20.6 Å². The lowest BCUT2D eigenvalue weighted by Crippen LogP contribution is -2.14. The third-order valence-corrected chi connectivity index (χ3v) is 2.87. The Labute approximate surface area is 104 Å². The lowest BCUT2D eigenvalue weighted by Gasteiger charge is -2.05. The number of amides is 1. The predicted molar refractivity (Wildman–Crippen MR) is 68.6 cm³/mol. The second-order valence-corrected chi connectivity index (χ2v) is 4.08. The molecule has 0 fully saturated rings. The Bertz CT molecular complexity index is 583. The first-order valence-electron chi connectivity index (χ1n) is 5.78. The van der Waals surface area contributed by atoms with Crippen LogP contribution >= 0.6 is 0 Å². The van der Waals surface area contributed by atoms with Crippen LogP contribution in [0.1, 0.15) is 15.9 Å². The molecule has 2 aromatic rings. The molecule has 1 aromatic heterocycles. The molecule has 3 rings (SSSR count). The number of carbonyl (C=O) groups is 1. The van der Waals surface area contributed by atoms with Gasteiger partial charge >= 0.3 is 0 Å². The van der Waals surface area contributed by atoms with Crippen LogP contribution in [0.2, 0.25) is 0 Å². The number of aromatic nitrogens is 2. The fourth-order valence-corrected chi connectivity index (χ4v) is 1.97. The van der Waals surface area contributed by atoms with Gasteiger partial charge in [0, 0.05) is 30.2 Å². The summed E-state index contributed by atoms with van der Waals surface area (Å²) in [6, 6.07) is 7.37. The van der Waals surface area contributed by atoms with Crippen LogP contribution in [-0.4, -0.2) is 22.4 Å². The lowest BCUT2D eigenvalue weighted by atomic mass is 10.1. The molecule has 0 atom stereocenters. The molecular formula is C13H12N4O. The van der Waals surface area contributed by atoms with Crippen molar-refractivity contribution < 1.29 is 4.79 Å². The second-order valence-electron chi connectivity index (χ2n) is 4.08. The van der Waals surface area contributed by atoms with Gasteiger partial charge in [0.05, 0.1) is 0 Å². The lowest BCUT2D eigenvalue weighted by molar-refractivity contribution is 0.102. The standard InChI is InChI=1S/C13H12N4O/c18-12(17-13-15-5-1-6-16-13)10-3-2-9-4-7-14-11(9)8-10/h1-3,5-6,8,14H,4,7H2,(H,15,16,17,18). The summed E-state index contributed by atoms with van der Waals surface area (Å²) in [5.74, 6) is 0.119. The molecule has 1 amide bonds. The van der Waals surface area contributed by atoms with Gasteiger partial charge in [-0.2, -0.15) is 0 Å². The molecule has 1 aliphatic heterocycles. The van der Waals surface area contributed by atoms with Gasteiger partial charge in [0.1, 0.15) is 0 Å². The van der Waals surface area contributed by atoms with E-state index in [-0.39, 0.29) is 5.91 Å². The van der Waals surface area contributed by atoms with Crippen molar-refractivity contribution in [1.29, 1.82) is 0 Å². The molecule has 0 unspecified atom stereocenters. The molecule has 18 heavy (non-hydrogen) atoms. The van der Waals surface area contributed by atoms with Crippen LogP contribution in [0.4, 0.5) is 11.6 Å². The third-order valence-electron chi connectivity index (χ3n) is 2.87. The highest BCUT2D eigenvalue weighted by atomic mass is 16.1. The van der Waals surface area contributed by atoms with Crippen molar-refractivity contribution in [1.82, 2.24) is 9.97 Å². The summed E-state index contributed by atoms with van der Waals surface area (Å²) >= 11 is 0. The first-order valence-corrected chi connectivity index (χ1v) is 5.78. The average molecular weight is 240 g/mol. The molecule has 0 saturated heterocycles. The van der Waals surface area contributed by atoms with Gasteiger partial charge in [-0.3, -0.25) is 10.1 Å². The van der Waals surface area contributed by atoms with Gasteiger partial charge in [-0.1, -0.05) is 6.07 Å². The van der Waals surface area contributed by atoms with E-state index in [9.17, 15) is 4.79 Å². The predicted octanol–water partition coefficient (Wildman–Crippen LogP) is 1.70. The Hall–Kier alpha value is -2.43. The maximum absolute atomic E-state index is 12.0. The smallest absolute Gasteiger partial charge is 0.258 e. The van der Waals surface area contributed by atoms with E-state index in [1.807, 2.05) is 18.2 Å². The van der Waals surface area contributed by atoms with Gasteiger partial charge in [0.15, 0.2) is 0 Å². The van der Waals surface area contributed by atoms with Crippen molar-refractivity contribution >= 4 is 17.5 Å². The minimum absolute atomic E-state index is 0.197. The molecule has 5 nitrogen and oxygen atoms in total. The summed E-state index contributed by atoms with van der Waals surface area (Å²) in [4.78, 5) is 19.9. The first kappa shape index (κ1) is 10.7. The summed E-state index contributed by atoms with van der Waals surface area (Å²) in [5, 5.41) is 5.91. The maximum atomic E-state index is 12.0. The van der Waals surface area contributed by atoms with E-state index in [1.54, 1.807) is 18.5 Å². The van der Waals surface area contributed by atoms with E-state index in [0.29, 0.717) is 11.5 Å². The molecule has 5 heteroatoms. The number of nitrogens with zero attached hydrogens (tertiary/aromatic N) is 2. The van der Waals surface area contributed by atoms with E-state index in [0.717, 1.165) is 18.7 Å². The summed E-state index contributed by atoms with van der Waals surface area (Å²) in [7, 11) is 0. The van der Waals surface area contributed by atoms with Crippen molar-refractivity contribution in [3.63, 3.8) is 0 Å². The number of hydrogen-bond acceptors (Lipinski definition) is 4. The Balaban J connectivity index is 1.81. The fraction of sp³-hybridized carbons (Fsp3) is 0.154. The Morgan fingerprint density at radius 1 is 1.28 bits per heavy atom. The average Bonchev–Trinajstić information content (AvgIpc) is 2.87. The van der Waals surface area contributed by atoms with Crippen molar-refractivity contribution in [2.24, 2.45) is 0 Å². The van der Waals surface area contributed by atoms with E-state index < -0.39 is 0 Å². The number of benzene rings is 1. The van der Waals surface area contributed by atoms with Crippen LogP contribution in [-0.2, 0) is 6.42 Å². The molecule has 1 aliphatic rings. The van der Waals surface area contributed by atoms with Gasteiger partial charge < -0.3 is 5.32 Å². The summed E-state index contributed by atoms with van der Waals surface area (Å²) in [6.45, 7) is 0.933. The summed E-state index contributed by atoms with van der Waals surface area (Å²) < 4.78 is 0. The van der Waals surface area contributed by atoms with Crippen molar-refractivity contribution in [2.75, 3.05) is 17.2 Å². The van der Waals surface area contributed by atoms with E-state index in [4.69, 9.17) is 0 Å². The zero-order valence-electron chi connectivity index (χ0n) is 9.68. The van der Waals surface area contributed by atoms with Crippen LogP contribution in [0.5, 0.6) is 0 Å². The van der Waals surface area contributed by atoms with Crippen molar-refractivity contribution in [3.05, 3.63) is 47.8 Å². The minimum Gasteiger partial charge on any atom is -0.384 e. The zero-order chi connectivity index (χ0) is 12.4. The molecule has 90 valence electrons. The van der Waals surface area contributed by atoms with Gasteiger partial charge in [-0.05, 0) is 30.2 Å². The van der Waals surface area contributed by atoms with Crippen LogP contribution in [0, 0.1) is 0 Å². The van der Waals surface area contributed by atoms with Crippen LogP contribution in [0.15, 0.2) is 36.7 Å². The first-order chi connectivity index (χ1) is 8.83. The van der Waals surface area contributed by atoms with Crippen LogP contribution in [0.3, 0.4) is 0 Å². The van der Waals surface area contributed by atoms with Crippen molar-refractivity contribution in [2.45, 2.75) is 6.42 Å². The quantitative estimate of drug-likeness (QED) is 0.838. The van der Waals surface area contributed by atoms with E-state index in [1.165, 1.54) is 5.56 Å². The fourth-order valence-electron chi connectivity index (χ4n) is 1.97. The van der Waals surface area contributed by atoms with Crippen molar-refractivity contribution in [3.8, 4) is 0 Å². The molecule has 0 saturated carbocycles. The number of fused-ring (bicyclic) bond motifs is 1. The van der Waals surface area contributed by atoms with Crippen LogP contribution in [0.25, 0.3) is 0 Å². The number of rotatable bonds is 2. The number of hydrogen-bond donors (Lipinski definition) is 2. The maximum Gasteiger partial charge on any atom is 0.258 e. The topological polar surface area (TPSA) is 66.9 Å². The van der Waals surface area contributed by atoms with Gasteiger partial charge in [0.25, 0.3) is 5.91 Å². The molecule has 0 bridgehead atoms. The summed E-state index contributed by atoms with van der Waals surface area (Å²) in [6.07, 6.45) is 4.19. The molecule has 2 heterocycles. The molecule has 0 spiro atoms. The molecule has 0 radical (unpaired) electrons. The largest absolute Gasteiger partial charge is 0.384 e. The van der Waals surface area contributed by atoms with Gasteiger partial charge in [-0.25, -0.2) is 9.97 Å². The zero-order valence-corrected chi connectivity index (χ0v) is 9.68. The molecule has 1 aromatic carbocycles. The molecule has 0 aliphatic carbocycles. The third kappa shape index (κ3) is 2.02. The highest BCUT2D eigenvalue weighted by molar-refractivity contribution is 6.04. The highest BCUT2D eigenvalue weighted by Crippen LogP contribution is 2.23.